The molecule has 0 N–H and O–H groups in total. The Balaban J connectivity index is 1.80. The summed E-state index contributed by atoms with van der Waals surface area (Å²) in [5.74, 6) is 1.74. The molecule has 0 aliphatic carbocycles. The molecule has 0 aromatic carbocycles. The summed E-state index contributed by atoms with van der Waals surface area (Å²) in [4.78, 5) is 2.64. The van der Waals surface area contributed by atoms with Crippen LogP contribution < -0.4 is 0 Å². The van der Waals surface area contributed by atoms with Gasteiger partial charge >= 0.3 is 0 Å². The SMILES string of the molecule is CC(C)CCCCCCCC1CN1CC(C)C. The van der Waals surface area contributed by atoms with E-state index in [2.05, 4.69) is 32.6 Å². The summed E-state index contributed by atoms with van der Waals surface area (Å²) in [6, 6.07) is 0.952. The first-order valence-corrected chi connectivity index (χ1v) is 7.83. The predicted molar refractivity (Wildman–Crippen MR) is 77.4 cm³/mol. The molecule has 0 radical (unpaired) electrons. The minimum absolute atomic E-state index is 0.844. The Bertz CT molecular complexity index is 186. The molecule has 1 fully saturated rings. The summed E-state index contributed by atoms with van der Waals surface area (Å²) in [6.45, 7) is 12.0. The molecule has 1 nitrogen and oxygen atoms in total. The highest BCUT2D eigenvalue weighted by atomic mass is 15.3. The van der Waals surface area contributed by atoms with Crippen molar-refractivity contribution >= 4 is 0 Å². The van der Waals surface area contributed by atoms with Crippen molar-refractivity contribution in [3.63, 3.8) is 0 Å². The van der Waals surface area contributed by atoms with Crippen molar-refractivity contribution in [1.29, 1.82) is 0 Å². The van der Waals surface area contributed by atoms with Crippen molar-refractivity contribution in [3.8, 4) is 0 Å². The Labute approximate surface area is 109 Å². The van der Waals surface area contributed by atoms with Gasteiger partial charge in [-0.15, -0.1) is 0 Å². The number of hydrogen-bond acceptors (Lipinski definition) is 1. The second-order valence-electron chi connectivity index (χ2n) is 6.74. The highest BCUT2D eigenvalue weighted by molar-refractivity contribution is 4.88. The Morgan fingerprint density at radius 3 is 2.18 bits per heavy atom. The van der Waals surface area contributed by atoms with Gasteiger partial charge in [0.1, 0.15) is 0 Å². The monoisotopic (exact) mass is 239 g/mol. The average molecular weight is 239 g/mol. The van der Waals surface area contributed by atoms with Gasteiger partial charge in [-0.05, 0) is 18.3 Å². The van der Waals surface area contributed by atoms with Crippen LogP contribution in [0, 0.1) is 11.8 Å². The zero-order valence-electron chi connectivity index (χ0n) is 12.5. The summed E-state index contributed by atoms with van der Waals surface area (Å²) in [5.41, 5.74) is 0. The van der Waals surface area contributed by atoms with E-state index >= 15 is 0 Å². The fraction of sp³-hybridized carbons (Fsp3) is 1.00. The van der Waals surface area contributed by atoms with Crippen molar-refractivity contribution in [2.45, 2.75) is 78.7 Å². The molecule has 0 spiro atoms. The molecule has 1 aliphatic rings. The van der Waals surface area contributed by atoms with E-state index in [1.54, 1.807) is 0 Å². The lowest BCUT2D eigenvalue weighted by Gasteiger charge is -2.07. The molecule has 1 aliphatic heterocycles. The Morgan fingerprint density at radius 1 is 0.882 bits per heavy atom. The Morgan fingerprint density at radius 2 is 1.53 bits per heavy atom. The van der Waals surface area contributed by atoms with Crippen LogP contribution in [-0.2, 0) is 0 Å². The standard InChI is InChI=1S/C16H33N/c1-14(2)10-8-6-5-7-9-11-16-13-17(16)12-15(3)4/h14-16H,5-13H2,1-4H3. The smallest absolute Gasteiger partial charge is 0.0224 e. The molecule has 2 atom stereocenters. The van der Waals surface area contributed by atoms with Crippen LogP contribution in [0.3, 0.4) is 0 Å². The summed E-state index contributed by atoms with van der Waals surface area (Å²) >= 11 is 0. The normalized spacial score (nSPS) is 23.6. The zero-order valence-corrected chi connectivity index (χ0v) is 12.5. The zero-order chi connectivity index (χ0) is 12.7. The summed E-state index contributed by atoms with van der Waals surface area (Å²) in [5, 5.41) is 0. The van der Waals surface area contributed by atoms with Crippen molar-refractivity contribution in [3.05, 3.63) is 0 Å². The van der Waals surface area contributed by atoms with Crippen molar-refractivity contribution < 1.29 is 0 Å². The number of unbranched alkanes of at least 4 members (excludes halogenated alkanes) is 4. The van der Waals surface area contributed by atoms with Crippen LogP contribution in [-0.4, -0.2) is 24.0 Å². The summed E-state index contributed by atoms with van der Waals surface area (Å²) in [7, 11) is 0. The largest absolute Gasteiger partial charge is 0.297 e. The van der Waals surface area contributed by atoms with Crippen LogP contribution >= 0.6 is 0 Å². The van der Waals surface area contributed by atoms with E-state index in [1.165, 1.54) is 58.0 Å². The lowest BCUT2D eigenvalue weighted by molar-refractivity contribution is 0.413. The highest BCUT2D eigenvalue weighted by Gasteiger charge is 2.32. The first kappa shape index (κ1) is 15.0. The van der Waals surface area contributed by atoms with E-state index in [1.807, 2.05) is 0 Å². The van der Waals surface area contributed by atoms with Crippen molar-refractivity contribution in [1.82, 2.24) is 4.90 Å². The highest BCUT2D eigenvalue weighted by Crippen LogP contribution is 2.24. The fourth-order valence-electron chi connectivity index (χ4n) is 2.65. The van der Waals surface area contributed by atoms with Gasteiger partial charge in [0.05, 0.1) is 0 Å². The van der Waals surface area contributed by atoms with E-state index < -0.39 is 0 Å². The molecule has 1 heteroatoms. The molecule has 0 amide bonds. The number of nitrogens with zero attached hydrogens (tertiary/aromatic N) is 1. The van der Waals surface area contributed by atoms with Crippen molar-refractivity contribution in [2.75, 3.05) is 13.1 Å². The second kappa shape index (κ2) is 8.13. The minimum Gasteiger partial charge on any atom is -0.297 e. The molecule has 1 rings (SSSR count). The van der Waals surface area contributed by atoms with Gasteiger partial charge in [0.2, 0.25) is 0 Å². The topological polar surface area (TPSA) is 3.01 Å². The summed E-state index contributed by atoms with van der Waals surface area (Å²) in [6.07, 6.45) is 10.2. The first-order valence-electron chi connectivity index (χ1n) is 7.83. The Hall–Kier alpha value is -0.0400. The molecule has 102 valence electrons. The second-order valence-corrected chi connectivity index (χ2v) is 6.74. The van der Waals surface area contributed by atoms with E-state index in [4.69, 9.17) is 0 Å². The number of hydrogen-bond donors (Lipinski definition) is 0. The van der Waals surface area contributed by atoms with Gasteiger partial charge in [-0.2, -0.15) is 0 Å². The summed E-state index contributed by atoms with van der Waals surface area (Å²) < 4.78 is 0. The van der Waals surface area contributed by atoms with Gasteiger partial charge in [-0.3, -0.25) is 4.90 Å². The van der Waals surface area contributed by atoms with Gasteiger partial charge in [-0.25, -0.2) is 0 Å². The molecular weight excluding hydrogens is 206 g/mol. The van der Waals surface area contributed by atoms with Gasteiger partial charge in [0.25, 0.3) is 0 Å². The number of rotatable bonds is 10. The van der Waals surface area contributed by atoms with Crippen LogP contribution in [0.4, 0.5) is 0 Å². The molecular formula is C16H33N. The van der Waals surface area contributed by atoms with E-state index in [0.29, 0.717) is 0 Å². The van der Waals surface area contributed by atoms with Gasteiger partial charge < -0.3 is 0 Å². The molecule has 2 unspecified atom stereocenters. The van der Waals surface area contributed by atoms with Crippen LogP contribution in [0.15, 0.2) is 0 Å². The minimum atomic E-state index is 0.844. The fourth-order valence-corrected chi connectivity index (χ4v) is 2.65. The van der Waals surface area contributed by atoms with Gasteiger partial charge in [0.15, 0.2) is 0 Å². The molecule has 0 aromatic heterocycles. The van der Waals surface area contributed by atoms with E-state index in [-0.39, 0.29) is 0 Å². The predicted octanol–water partition coefficient (Wildman–Crippen LogP) is 4.71. The molecule has 0 saturated carbocycles. The lowest BCUT2D eigenvalue weighted by Crippen LogP contribution is -2.09. The molecule has 0 bridgehead atoms. The van der Waals surface area contributed by atoms with Gasteiger partial charge in [0, 0.05) is 19.1 Å². The van der Waals surface area contributed by atoms with E-state index in [9.17, 15) is 0 Å². The molecule has 1 heterocycles. The molecule has 17 heavy (non-hydrogen) atoms. The van der Waals surface area contributed by atoms with Gasteiger partial charge in [-0.1, -0.05) is 66.2 Å². The lowest BCUT2D eigenvalue weighted by atomic mass is 10.0. The quantitative estimate of drug-likeness (QED) is 0.394. The maximum Gasteiger partial charge on any atom is 0.0224 e. The third kappa shape index (κ3) is 7.81. The van der Waals surface area contributed by atoms with Crippen LogP contribution in [0.5, 0.6) is 0 Å². The van der Waals surface area contributed by atoms with Crippen LogP contribution in [0.2, 0.25) is 0 Å². The third-order valence-corrected chi connectivity index (χ3v) is 3.75. The first-order chi connectivity index (χ1) is 8.09. The van der Waals surface area contributed by atoms with E-state index in [0.717, 1.165) is 17.9 Å². The van der Waals surface area contributed by atoms with Crippen LogP contribution in [0.1, 0.15) is 72.6 Å². The molecule has 0 aromatic rings. The Kier molecular flexibility index (Phi) is 7.18. The molecule has 1 saturated heterocycles. The third-order valence-electron chi connectivity index (χ3n) is 3.75. The van der Waals surface area contributed by atoms with Crippen LogP contribution in [0.25, 0.3) is 0 Å². The van der Waals surface area contributed by atoms with Crippen molar-refractivity contribution in [2.24, 2.45) is 11.8 Å². The maximum absolute atomic E-state index is 2.64. The maximum atomic E-state index is 2.64. The average Bonchev–Trinajstić information content (AvgIpc) is 2.93.